The Kier molecular flexibility index (Phi) is 4.44. The van der Waals surface area contributed by atoms with Gasteiger partial charge in [0.15, 0.2) is 0 Å². The van der Waals surface area contributed by atoms with E-state index < -0.39 is 12.0 Å². The molecular formula is C17H15FN2O3S. The molecule has 3 rings (SSSR count). The predicted molar refractivity (Wildman–Crippen MR) is 90.6 cm³/mol. The zero-order chi connectivity index (χ0) is 17.3. The van der Waals surface area contributed by atoms with E-state index in [9.17, 15) is 14.0 Å². The molecule has 3 aromatic rings. The molecule has 0 aliphatic carbocycles. The molecule has 0 N–H and O–H groups in total. The van der Waals surface area contributed by atoms with Crippen molar-refractivity contribution in [2.24, 2.45) is 0 Å². The second kappa shape index (κ2) is 6.52. The smallest absolute Gasteiger partial charge is 0.328 e. The number of rotatable bonds is 4. The molecule has 0 fully saturated rings. The lowest BCUT2D eigenvalue weighted by Gasteiger charge is -2.13. The number of aromatic nitrogens is 2. The summed E-state index contributed by atoms with van der Waals surface area (Å²) in [5, 5.41) is 2.23. The Labute approximate surface area is 141 Å². The van der Waals surface area contributed by atoms with Gasteiger partial charge in [-0.25, -0.2) is 14.2 Å². The van der Waals surface area contributed by atoms with Crippen LogP contribution in [-0.4, -0.2) is 22.1 Å². The maximum Gasteiger partial charge on any atom is 0.328 e. The lowest BCUT2D eigenvalue weighted by atomic mass is 10.1. The van der Waals surface area contributed by atoms with Gasteiger partial charge in [0, 0.05) is 10.9 Å². The van der Waals surface area contributed by atoms with Crippen molar-refractivity contribution in [3.8, 4) is 11.1 Å². The van der Waals surface area contributed by atoms with Crippen LogP contribution in [0.15, 0.2) is 40.8 Å². The number of nitrogens with zero attached hydrogens (tertiary/aromatic N) is 2. The van der Waals surface area contributed by atoms with E-state index in [1.165, 1.54) is 34.4 Å². The number of fused-ring (bicyclic) bond motifs is 1. The third-order valence-electron chi connectivity index (χ3n) is 3.72. The molecule has 1 atom stereocenters. The highest BCUT2D eigenvalue weighted by Crippen LogP contribution is 2.30. The van der Waals surface area contributed by atoms with Crippen molar-refractivity contribution in [3.05, 3.63) is 52.1 Å². The lowest BCUT2D eigenvalue weighted by Crippen LogP contribution is -2.29. The number of halogens is 1. The van der Waals surface area contributed by atoms with Crippen molar-refractivity contribution < 1.29 is 13.9 Å². The summed E-state index contributed by atoms with van der Waals surface area (Å²) in [5.41, 5.74) is 1.09. The summed E-state index contributed by atoms with van der Waals surface area (Å²) in [6.45, 7) is 3.55. The Morgan fingerprint density at radius 1 is 1.38 bits per heavy atom. The Morgan fingerprint density at radius 2 is 2.08 bits per heavy atom. The summed E-state index contributed by atoms with van der Waals surface area (Å²) in [4.78, 5) is 29.6. The molecule has 0 bridgehead atoms. The highest BCUT2D eigenvalue weighted by Gasteiger charge is 2.21. The summed E-state index contributed by atoms with van der Waals surface area (Å²) < 4.78 is 19.4. The third kappa shape index (κ3) is 2.82. The van der Waals surface area contributed by atoms with Crippen molar-refractivity contribution in [1.82, 2.24) is 9.55 Å². The van der Waals surface area contributed by atoms with Crippen LogP contribution in [0.25, 0.3) is 21.3 Å². The van der Waals surface area contributed by atoms with Crippen LogP contribution < -0.4 is 5.56 Å². The Morgan fingerprint density at radius 3 is 2.75 bits per heavy atom. The molecule has 0 amide bonds. The van der Waals surface area contributed by atoms with Gasteiger partial charge in [-0.05, 0) is 31.5 Å². The lowest BCUT2D eigenvalue weighted by molar-refractivity contribution is -0.146. The zero-order valence-corrected chi connectivity index (χ0v) is 14.0. The first-order valence-electron chi connectivity index (χ1n) is 7.43. The van der Waals surface area contributed by atoms with Gasteiger partial charge in [0.1, 0.15) is 16.7 Å². The fourth-order valence-corrected chi connectivity index (χ4v) is 3.35. The van der Waals surface area contributed by atoms with Gasteiger partial charge in [-0.2, -0.15) is 0 Å². The second-order valence-electron chi connectivity index (χ2n) is 5.22. The number of ether oxygens (including phenoxy) is 1. The normalized spacial score (nSPS) is 12.3. The molecule has 124 valence electrons. The molecule has 2 aromatic heterocycles. The number of esters is 1. The van der Waals surface area contributed by atoms with Crippen molar-refractivity contribution in [2.45, 2.75) is 19.9 Å². The molecule has 0 radical (unpaired) electrons. The Hall–Kier alpha value is -2.54. The SMILES string of the molecule is CCOC(=O)[C@@H](C)n1cnc2scc(-c3ccc(F)cc3)c2c1=O. The predicted octanol–water partition coefficient (Wildman–Crippen LogP) is 3.39. The average Bonchev–Trinajstić information content (AvgIpc) is 3.00. The van der Waals surface area contributed by atoms with Crippen LogP contribution >= 0.6 is 11.3 Å². The second-order valence-corrected chi connectivity index (χ2v) is 6.08. The highest BCUT2D eigenvalue weighted by atomic mass is 32.1. The van der Waals surface area contributed by atoms with E-state index in [1.807, 2.05) is 5.38 Å². The Balaban J connectivity index is 2.14. The van der Waals surface area contributed by atoms with Crippen molar-refractivity contribution >= 4 is 27.5 Å². The first kappa shape index (κ1) is 16.3. The number of hydrogen-bond acceptors (Lipinski definition) is 5. The molecular weight excluding hydrogens is 331 g/mol. The Bertz CT molecular complexity index is 947. The molecule has 0 aliphatic heterocycles. The number of carbonyl (C=O) groups is 1. The fraction of sp³-hybridized carbons (Fsp3) is 0.235. The van der Waals surface area contributed by atoms with Crippen LogP contribution in [0.1, 0.15) is 19.9 Å². The van der Waals surface area contributed by atoms with Crippen molar-refractivity contribution in [2.75, 3.05) is 6.61 Å². The van der Waals surface area contributed by atoms with Crippen molar-refractivity contribution in [1.29, 1.82) is 0 Å². The summed E-state index contributed by atoms with van der Waals surface area (Å²) >= 11 is 1.33. The van der Waals surface area contributed by atoms with E-state index in [-0.39, 0.29) is 18.0 Å². The summed E-state index contributed by atoms with van der Waals surface area (Å²) in [7, 11) is 0. The van der Waals surface area contributed by atoms with Crippen LogP contribution in [0.3, 0.4) is 0 Å². The summed E-state index contributed by atoms with van der Waals surface area (Å²) in [6, 6.07) is 5.14. The van der Waals surface area contributed by atoms with Gasteiger partial charge in [0.25, 0.3) is 5.56 Å². The van der Waals surface area contributed by atoms with Gasteiger partial charge in [0.05, 0.1) is 18.3 Å². The molecule has 5 nitrogen and oxygen atoms in total. The topological polar surface area (TPSA) is 61.2 Å². The van der Waals surface area contributed by atoms with Crippen LogP contribution in [0.2, 0.25) is 0 Å². The minimum atomic E-state index is -0.768. The minimum Gasteiger partial charge on any atom is -0.464 e. The van der Waals surface area contributed by atoms with Gasteiger partial charge in [0.2, 0.25) is 0 Å². The summed E-state index contributed by atoms with van der Waals surface area (Å²) in [6.07, 6.45) is 1.36. The summed E-state index contributed by atoms with van der Waals surface area (Å²) in [5.74, 6) is -0.830. The standard InChI is InChI=1S/C17H15FN2O3S/c1-3-23-17(22)10(2)20-9-19-15-14(16(20)21)13(8-24-15)11-4-6-12(18)7-5-11/h4-10H,3H2,1-2H3/t10-/m1/s1. The quantitative estimate of drug-likeness (QED) is 0.680. The van der Waals surface area contributed by atoms with Gasteiger partial charge >= 0.3 is 5.97 Å². The molecule has 0 spiro atoms. The monoisotopic (exact) mass is 346 g/mol. The molecule has 2 heterocycles. The first-order valence-corrected chi connectivity index (χ1v) is 8.31. The number of benzene rings is 1. The van der Waals surface area contributed by atoms with Crippen LogP contribution in [0.4, 0.5) is 4.39 Å². The molecule has 0 unspecified atom stereocenters. The maximum atomic E-state index is 13.1. The van der Waals surface area contributed by atoms with Crippen LogP contribution in [0, 0.1) is 5.82 Å². The van der Waals surface area contributed by atoms with Crippen LogP contribution in [0.5, 0.6) is 0 Å². The number of hydrogen-bond donors (Lipinski definition) is 0. The van der Waals surface area contributed by atoms with E-state index in [0.717, 1.165) is 5.56 Å². The molecule has 0 saturated carbocycles. The van der Waals surface area contributed by atoms with E-state index in [2.05, 4.69) is 4.98 Å². The van der Waals surface area contributed by atoms with Crippen LogP contribution in [-0.2, 0) is 9.53 Å². The fourth-order valence-electron chi connectivity index (χ4n) is 2.44. The largest absolute Gasteiger partial charge is 0.464 e. The van der Waals surface area contributed by atoms with Gasteiger partial charge in [-0.1, -0.05) is 12.1 Å². The molecule has 0 aliphatic rings. The third-order valence-corrected chi connectivity index (χ3v) is 4.61. The van der Waals surface area contributed by atoms with Gasteiger partial charge in [-0.15, -0.1) is 11.3 Å². The van der Waals surface area contributed by atoms with E-state index in [1.54, 1.807) is 26.0 Å². The number of thiophene rings is 1. The van der Waals surface area contributed by atoms with Crippen molar-refractivity contribution in [3.63, 3.8) is 0 Å². The first-order chi connectivity index (χ1) is 11.5. The molecule has 24 heavy (non-hydrogen) atoms. The highest BCUT2D eigenvalue weighted by molar-refractivity contribution is 7.17. The zero-order valence-electron chi connectivity index (χ0n) is 13.2. The van der Waals surface area contributed by atoms with Gasteiger partial charge in [-0.3, -0.25) is 9.36 Å². The van der Waals surface area contributed by atoms with E-state index in [4.69, 9.17) is 4.74 Å². The van der Waals surface area contributed by atoms with E-state index in [0.29, 0.717) is 15.8 Å². The average molecular weight is 346 g/mol. The number of carbonyl (C=O) groups excluding carboxylic acids is 1. The van der Waals surface area contributed by atoms with E-state index >= 15 is 0 Å². The molecule has 1 aromatic carbocycles. The maximum absolute atomic E-state index is 13.1. The minimum absolute atomic E-state index is 0.243. The molecule has 7 heteroatoms. The molecule has 0 saturated heterocycles. The van der Waals surface area contributed by atoms with Gasteiger partial charge < -0.3 is 4.74 Å².